The number of hydrogen-bond donors (Lipinski definition) is 1. The van der Waals surface area contributed by atoms with Crippen LogP contribution in [0.15, 0.2) is 24.3 Å². The van der Waals surface area contributed by atoms with Gasteiger partial charge in [-0.15, -0.1) is 0 Å². The molecule has 0 fully saturated rings. The number of rotatable bonds is 4. The highest BCUT2D eigenvalue weighted by Crippen LogP contribution is 2.21. The Bertz CT molecular complexity index is 316. The number of hydrogen-bond acceptors (Lipinski definition) is 2. The third-order valence-corrected chi connectivity index (χ3v) is 2.15. The first kappa shape index (κ1) is 13.0. The zero-order valence-electron chi connectivity index (χ0n) is 10.2. The molecule has 0 unspecified atom stereocenters. The van der Waals surface area contributed by atoms with Gasteiger partial charge in [0.15, 0.2) is 0 Å². The van der Waals surface area contributed by atoms with Crippen molar-refractivity contribution in [2.45, 2.75) is 38.8 Å². The molecule has 1 aromatic carbocycles. The van der Waals surface area contributed by atoms with Crippen molar-refractivity contribution in [3.63, 3.8) is 0 Å². The zero-order valence-corrected chi connectivity index (χ0v) is 10.2. The molecule has 0 spiro atoms. The standard InChI is InChI=1S/C13H20FNO/c1-13(2,3)16-11-6-4-10(5-7-11)12(15)8-9-14/h4-7,12H,8-9,15H2,1-3H3/t12-/m0/s1. The van der Waals surface area contributed by atoms with E-state index in [-0.39, 0.29) is 18.3 Å². The molecule has 1 aromatic rings. The lowest BCUT2D eigenvalue weighted by atomic mass is 10.1. The summed E-state index contributed by atoms with van der Waals surface area (Å²) in [7, 11) is 0. The molecule has 16 heavy (non-hydrogen) atoms. The van der Waals surface area contributed by atoms with Gasteiger partial charge in [0.05, 0.1) is 6.67 Å². The second-order valence-electron chi connectivity index (χ2n) is 4.87. The number of ether oxygens (including phenoxy) is 1. The fraction of sp³-hybridized carbons (Fsp3) is 0.538. The maximum absolute atomic E-state index is 12.1. The molecule has 0 saturated heterocycles. The minimum absolute atomic E-state index is 0.206. The Balaban J connectivity index is 2.68. The van der Waals surface area contributed by atoms with E-state index in [2.05, 4.69) is 0 Å². The van der Waals surface area contributed by atoms with E-state index in [0.29, 0.717) is 6.42 Å². The predicted molar refractivity (Wildman–Crippen MR) is 64.3 cm³/mol. The van der Waals surface area contributed by atoms with Crippen molar-refractivity contribution in [3.05, 3.63) is 29.8 Å². The van der Waals surface area contributed by atoms with E-state index in [0.717, 1.165) is 11.3 Å². The Labute approximate surface area is 96.6 Å². The smallest absolute Gasteiger partial charge is 0.120 e. The average molecular weight is 225 g/mol. The number of alkyl halides is 1. The maximum Gasteiger partial charge on any atom is 0.120 e. The van der Waals surface area contributed by atoms with Crippen LogP contribution < -0.4 is 10.5 Å². The molecule has 2 N–H and O–H groups in total. The lowest BCUT2D eigenvalue weighted by Gasteiger charge is -2.21. The molecule has 1 atom stereocenters. The Kier molecular flexibility index (Phi) is 4.30. The summed E-state index contributed by atoms with van der Waals surface area (Å²) in [5.41, 5.74) is 6.54. The molecule has 0 aromatic heterocycles. The van der Waals surface area contributed by atoms with E-state index >= 15 is 0 Å². The van der Waals surface area contributed by atoms with Gasteiger partial charge in [-0.1, -0.05) is 12.1 Å². The van der Waals surface area contributed by atoms with Gasteiger partial charge in [0.1, 0.15) is 11.4 Å². The van der Waals surface area contributed by atoms with Crippen LogP contribution in [0.3, 0.4) is 0 Å². The average Bonchev–Trinajstić information content (AvgIpc) is 2.16. The molecule has 0 aliphatic heterocycles. The van der Waals surface area contributed by atoms with Crippen LogP contribution in [0.4, 0.5) is 4.39 Å². The molecule has 3 heteroatoms. The van der Waals surface area contributed by atoms with Crippen LogP contribution in [-0.4, -0.2) is 12.3 Å². The predicted octanol–water partition coefficient (Wildman–Crippen LogP) is 3.22. The van der Waals surface area contributed by atoms with Crippen LogP contribution in [-0.2, 0) is 0 Å². The number of benzene rings is 1. The van der Waals surface area contributed by atoms with Gasteiger partial charge < -0.3 is 10.5 Å². The Morgan fingerprint density at radius 3 is 2.25 bits per heavy atom. The third kappa shape index (κ3) is 4.19. The van der Waals surface area contributed by atoms with Crippen LogP contribution >= 0.6 is 0 Å². The van der Waals surface area contributed by atoms with Gasteiger partial charge in [0.25, 0.3) is 0 Å². The molecule has 0 aliphatic rings. The highest BCUT2D eigenvalue weighted by Gasteiger charge is 2.12. The van der Waals surface area contributed by atoms with Gasteiger partial charge in [-0.25, -0.2) is 0 Å². The summed E-state index contributed by atoms with van der Waals surface area (Å²) in [6.45, 7) is 5.60. The van der Waals surface area contributed by atoms with Gasteiger partial charge >= 0.3 is 0 Å². The zero-order chi connectivity index (χ0) is 12.2. The van der Waals surface area contributed by atoms with Crippen LogP contribution in [0, 0.1) is 0 Å². The topological polar surface area (TPSA) is 35.2 Å². The molecule has 0 heterocycles. The lowest BCUT2D eigenvalue weighted by molar-refractivity contribution is 0.131. The summed E-state index contributed by atoms with van der Waals surface area (Å²) in [5, 5.41) is 0. The Hall–Kier alpha value is -1.09. The number of nitrogens with two attached hydrogens (primary N) is 1. The van der Waals surface area contributed by atoms with Crippen LogP contribution in [0.5, 0.6) is 5.75 Å². The van der Waals surface area contributed by atoms with Crippen LogP contribution in [0.1, 0.15) is 38.8 Å². The normalized spacial score (nSPS) is 13.6. The summed E-state index contributed by atoms with van der Waals surface area (Å²) < 4.78 is 17.8. The second kappa shape index (κ2) is 5.30. The van der Waals surface area contributed by atoms with Crippen LogP contribution in [0.25, 0.3) is 0 Å². The quantitative estimate of drug-likeness (QED) is 0.853. The van der Waals surface area contributed by atoms with Gasteiger partial charge in [-0.3, -0.25) is 4.39 Å². The van der Waals surface area contributed by atoms with Crippen molar-refractivity contribution in [3.8, 4) is 5.75 Å². The maximum atomic E-state index is 12.1. The van der Waals surface area contributed by atoms with Gasteiger partial charge in [-0.2, -0.15) is 0 Å². The van der Waals surface area contributed by atoms with Gasteiger partial charge in [0.2, 0.25) is 0 Å². The largest absolute Gasteiger partial charge is 0.488 e. The summed E-state index contributed by atoms with van der Waals surface area (Å²) in [6.07, 6.45) is 0.361. The summed E-state index contributed by atoms with van der Waals surface area (Å²) in [4.78, 5) is 0. The highest BCUT2D eigenvalue weighted by molar-refractivity contribution is 5.29. The van der Waals surface area contributed by atoms with Crippen molar-refractivity contribution < 1.29 is 9.13 Å². The molecule has 2 nitrogen and oxygen atoms in total. The SMILES string of the molecule is CC(C)(C)Oc1ccc([C@@H](N)CCF)cc1. The molecule has 0 amide bonds. The van der Waals surface area contributed by atoms with E-state index in [4.69, 9.17) is 10.5 Å². The molecule has 90 valence electrons. The van der Waals surface area contributed by atoms with Gasteiger partial charge in [0, 0.05) is 6.04 Å². The fourth-order valence-corrected chi connectivity index (χ4v) is 1.42. The van der Waals surface area contributed by atoms with Crippen molar-refractivity contribution in [2.75, 3.05) is 6.67 Å². The summed E-state index contributed by atoms with van der Waals surface area (Å²) >= 11 is 0. The van der Waals surface area contributed by atoms with Crippen molar-refractivity contribution in [1.82, 2.24) is 0 Å². The fourth-order valence-electron chi connectivity index (χ4n) is 1.42. The van der Waals surface area contributed by atoms with Crippen molar-refractivity contribution in [1.29, 1.82) is 0 Å². The lowest BCUT2D eigenvalue weighted by Crippen LogP contribution is -2.22. The molecule has 0 bridgehead atoms. The first-order valence-corrected chi connectivity index (χ1v) is 5.53. The minimum Gasteiger partial charge on any atom is -0.488 e. The molecule has 0 saturated carbocycles. The third-order valence-electron chi connectivity index (χ3n) is 2.15. The van der Waals surface area contributed by atoms with E-state index in [1.165, 1.54) is 0 Å². The van der Waals surface area contributed by atoms with E-state index < -0.39 is 0 Å². The van der Waals surface area contributed by atoms with E-state index in [9.17, 15) is 4.39 Å². The summed E-state index contributed by atoms with van der Waals surface area (Å²) in [5.74, 6) is 0.809. The second-order valence-corrected chi connectivity index (χ2v) is 4.87. The molecule has 1 rings (SSSR count). The number of halogens is 1. The Morgan fingerprint density at radius 2 is 1.81 bits per heavy atom. The molecule has 0 aliphatic carbocycles. The van der Waals surface area contributed by atoms with E-state index in [1.807, 2.05) is 45.0 Å². The van der Waals surface area contributed by atoms with Crippen LogP contribution in [0.2, 0.25) is 0 Å². The van der Waals surface area contributed by atoms with Gasteiger partial charge in [-0.05, 0) is 44.9 Å². The molecular formula is C13H20FNO. The van der Waals surface area contributed by atoms with E-state index in [1.54, 1.807) is 0 Å². The first-order valence-electron chi connectivity index (χ1n) is 5.53. The molecular weight excluding hydrogens is 205 g/mol. The molecule has 0 radical (unpaired) electrons. The Morgan fingerprint density at radius 1 is 1.25 bits per heavy atom. The summed E-state index contributed by atoms with van der Waals surface area (Å²) in [6, 6.07) is 7.30. The van der Waals surface area contributed by atoms with Crippen molar-refractivity contribution in [2.24, 2.45) is 5.73 Å². The first-order chi connectivity index (χ1) is 7.42. The minimum atomic E-state index is -0.387. The monoisotopic (exact) mass is 225 g/mol. The highest BCUT2D eigenvalue weighted by atomic mass is 19.1. The van der Waals surface area contributed by atoms with Crippen molar-refractivity contribution >= 4 is 0 Å².